The van der Waals surface area contributed by atoms with Gasteiger partial charge in [-0.15, -0.1) is 0 Å². The van der Waals surface area contributed by atoms with Crippen LogP contribution in [-0.2, 0) is 6.61 Å². The molecule has 0 bridgehead atoms. The van der Waals surface area contributed by atoms with E-state index in [0.717, 1.165) is 5.56 Å². The van der Waals surface area contributed by atoms with Crippen LogP contribution in [0.1, 0.15) is 16.7 Å². The van der Waals surface area contributed by atoms with Gasteiger partial charge in [0.15, 0.2) is 11.5 Å². The fourth-order valence-electron chi connectivity index (χ4n) is 2.82. The summed E-state index contributed by atoms with van der Waals surface area (Å²) >= 11 is 0. The van der Waals surface area contributed by atoms with Gasteiger partial charge in [-0.05, 0) is 35.4 Å². The first-order valence-corrected chi connectivity index (χ1v) is 8.40. The Kier molecular flexibility index (Phi) is 5.47. The molecule has 3 aromatic rings. The molecule has 0 spiro atoms. The molecule has 2 aromatic carbocycles. The summed E-state index contributed by atoms with van der Waals surface area (Å²) in [6, 6.07) is 14.3. The number of nitrogens with one attached hydrogen (secondary N) is 1. The number of nitriles is 2. The van der Waals surface area contributed by atoms with Gasteiger partial charge in [0.1, 0.15) is 41.5 Å². The second-order valence-corrected chi connectivity index (χ2v) is 6.00. The highest BCUT2D eigenvalue weighted by molar-refractivity contribution is 5.81. The molecule has 1 aromatic heterocycles. The summed E-state index contributed by atoms with van der Waals surface area (Å²) in [4.78, 5) is 14.4. The average molecular weight is 390 g/mol. The molecule has 7 nitrogen and oxygen atoms in total. The number of rotatable bonds is 5. The number of aromatic nitrogens is 1. The number of ether oxygens (including phenoxy) is 2. The van der Waals surface area contributed by atoms with Crippen LogP contribution in [0.3, 0.4) is 0 Å². The number of nitrogens with zero attached hydrogens (tertiary/aromatic N) is 2. The van der Waals surface area contributed by atoms with Crippen LogP contribution < -0.4 is 20.8 Å². The molecule has 1 heterocycles. The van der Waals surface area contributed by atoms with E-state index in [9.17, 15) is 19.7 Å². The molecule has 0 amide bonds. The van der Waals surface area contributed by atoms with Crippen LogP contribution in [0, 0.1) is 28.5 Å². The highest BCUT2D eigenvalue weighted by atomic mass is 19.1. The highest BCUT2D eigenvalue weighted by Crippen LogP contribution is 2.36. The number of methoxy groups -OCH3 is 1. The van der Waals surface area contributed by atoms with Crippen LogP contribution in [0.4, 0.5) is 10.2 Å². The highest BCUT2D eigenvalue weighted by Gasteiger charge is 2.19. The first-order chi connectivity index (χ1) is 14.0. The number of aromatic amines is 1. The Morgan fingerprint density at radius 3 is 2.38 bits per heavy atom. The minimum Gasteiger partial charge on any atom is -0.493 e. The van der Waals surface area contributed by atoms with E-state index in [1.54, 1.807) is 30.3 Å². The first-order valence-electron chi connectivity index (χ1n) is 8.40. The third-order valence-corrected chi connectivity index (χ3v) is 4.23. The van der Waals surface area contributed by atoms with Crippen molar-refractivity contribution >= 4 is 5.82 Å². The summed E-state index contributed by atoms with van der Waals surface area (Å²) in [5.74, 6) is 0.246. The molecule has 0 aliphatic rings. The largest absolute Gasteiger partial charge is 0.493 e. The Balaban J connectivity index is 2.08. The molecular weight excluding hydrogens is 375 g/mol. The van der Waals surface area contributed by atoms with E-state index in [1.807, 2.05) is 12.1 Å². The van der Waals surface area contributed by atoms with Crippen molar-refractivity contribution < 1.29 is 13.9 Å². The Bertz CT molecular complexity index is 1200. The maximum absolute atomic E-state index is 13.1. The van der Waals surface area contributed by atoms with Gasteiger partial charge in [-0.3, -0.25) is 4.79 Å². The number of hydrogen-bond acceptors (Lipinski definition) is 6. The lowest BCUT2D eigenvalue weighted by atomic mass is 9.96. The van der Waals surface area contributed by atoms with E-state index in [4.69, 9.17) is 15.2 Å². The molecule has 0 saturated carbocycles. The van der Waals surface area contributed by atoms with Crippen LogP contribution in [0.2, 0.25) is 0 Å². The lowest BCUT2D eigenvalue weighted by Crippen LogP contribution is -2.16. The Morgan fingerprint density at radius 1 is 1.07 bits per heavy atom. The second-order valence-electron chi connectivity index (χ2n) is 6.00. The van der Waals surface area contributed by atoms with E-state index in [1.165, 1.54) is 19.2 Å². The maximum atomic E-state index is 13.1. The summed E-state index contributed by atoms with van der Waals surface area (Å²) in [5.41, 5.74) is 6.06. The van der Waals surface area contributed by atoms with Crippen LogP contribution in [0.25, 0.3) is 11.1 Å². The topological polar surface area (TPSA) is 125 Å². The lowest BCUT2D eigenvalue weighted by molar-refractivity contribution is 0.284. The van der Waals surface area contributed by atoms with E-state index < -0.39 is 5.56 Å². The first kappa shape index (κ1) is 19.5. The van der Waals surface area contributed by atoms with Gasteiger partial charge in [-0.1, -0.05) is 18.2 Å². The standard InChI is InChI=1S/C21H15FN4O3/c1-28-17-7-4-13(8-18(17)29-11-12-2-5-14(22)6-3-12)19-15(9-23)20(25)26-21(27)16(19)10-24/h2-8H,11H2,1H3,(H3,25,26,27). The summed E-state index contributed by atoms with van der Waals surface area (Å²) < 4.78 is 24.2. The van der Waals surface area contributed by atoms with Crippen molar-refractivity contribution in [2.24, 2.45) is 0 Å². The summed E-state index contributed by atoms with van der Waals surface area (Å²) in [5, 5.41) is 18.9. The van der Waals surface area contributed by atoms with E-state index >= 15 is 0 Å². The summed E-state index contributed by atoms with van der Waals surface area (Å²) in [7, 11) is 1.46. The molecule has 0 aliphatic carbocycles. The zero-order valence-electron chi connectivity index (χ0n) is 15.3. The van der Waals surface area contributed by atoms with Gasteiger partial charge < -0.3 is 20.2 Å². The van der Waals surface area contributed by atoms with Crippen LogP contribution in [0.5, 0.6) is 11.5 Å². The number of nitrogens with two attached hydrogens (primary N) is 1. The van der Waals surface area contributed by atoms with Crippen molar-refractivity contribution in [1.82, 2.24) is 4.98 Å². The van der Waals surface area contributed by atoms with Gasteiger partial charge in [0.2, 0.25) is 0 Å². The van der Waals surface area contributed by atoms with E-state index in [2.05, 4.69) is 4.98 Å². The fourth-order valence-corrected chi connectivity index (χ4v) is 2.82. The quantitative estimate of drug-likeness (QED) is 0.690. The van der Waals surface area contributed by atoms with Crippen molar-refractivity contribution in [3.8, 4) is 34.8 Å². The number of nitrogen functional groups attached to an aromatic ring is 1. The molecule has 0 radical (unpaired) electrons. The molecule has 0 fully saturated rings. The minimum absolute atomic E-state index is 0.0178. The molecule has 29 heavy (non-hydrogen) atoms. The zero-order valence-corrected chi connectivity index (χ0v) is 15.3. The zero-order chi connectivity index (χ0) is 21.0. The van der Waals surface area contributed by atoms with Gasteiger partial charge in [-0.25, -0.2) is 4.39 Å². The summed E-state index contributed by atoms with van der Waals surface area (Å²) in [6.07, 6.45) is 0. The minimum atomic E-state index is -0.691. The monoisotopic (exact) mass is 390 g/mol. The van der Waals surface area contributed by atoms with Gasteiger partial charge in [-0.2, -0.15) is 10.5 Å². The number of pyridine rings is 1. The maximum Gasteiger partial charge on any atom is 0.268 e. The Labute approximate surface area is 165 Å². The molecule has 8 heteroatoms. The summed E-state index contributed by atoms with van der Waals surface area (Å²) in [6.45, 7) is 0.133. The smallest absolute Gasteiger partial charge is 0.268 e. The molecule has 3 N–H and O–H groups in total. The van der Waals surface area contributed by atoms with E-state index in [0.29, 0.717) is 17.1 Å². The van der Waals surface area contributed by atoms with Crippen molar-refractivity contribution in [3.05, 3.63) is 75.3 Å². The third-order valence-electron chi connectivity index (χ3n) is 4.23. The fraction of sp³-hybridized carbons (Fsp3) is 0.0952. The normalized spacial score (nSPS) is 10.1. The van der Waals surface area contributed by atoms with Gasteiger partial charge >= 0.3 is 0 Å². The lowest BCUT2D eigenvalue weighted by Gasteiger charge is -2.14. The van der Waals surface area contributed by atoms with Crippen molar-refractivity contribution in [2.45, 2.75) is 6.61 Å². The van der Waals surface area contributed by atoms with Crippen LogP contribution >= 0.6 is 0 Å². The van der Waals surface area contributed by atoms with E-state index in [-0.39, 0.29) is 34.9 Å². The number of anilines is 1. The van der Waals surface area contributed by atoms with Gasteiger partial charge in [0, 0.05) is 5.56 Å². The molecule has 3 rings (SSSR count). The van der Waals surface area contributed by atoms with Crippen molar-refractivity contribution in [2.75, 3.05) is 12.8 Å². The van der Waals surface area contributed by atoms with Crippen LogP contribution in [0.15, 0.2) is 47.3 Å². The predicted octanol–water partition coefficient (Wildman–Crippen LogP) is 3.09. The number of hydrogen-bond donors (Lipinski definition) is 2. The average Bonchev–Trinajstić information content (AvgIpc) is 2.72. The molecule has 0 saturated heterocycles. The molecule has 0 unspecified atom stereocenters. The van der Waals surface area contributed by atoms with Gasteiger partial charge in [0.25, 0.3) is 5.56 Å². The second kappa shape index (κ2) is 8.15. The number of benzene rings is 2. The Morgan fingerprint density at radius 2 is 1.76 bits per heavy atom. The third kappa shape index (κ3) is 3.87. The molecular formula is C21H15FN4O3. The predicted molar refractivity (Wildman–Crippen MR) is 104 cm³/mol. The Hall–Kier alpha value is -4.30. The van der Waals surface area contributed by atoms with Crippen molar-refractivity contribution in [3.63, 3.8) is 0 Å². The number of halogens is 1. The van der Waals surface area contributed by atoms with Crippen LogP contribution in [-0.4, -0.2) is 12.1 Å². The molecule has 0 aliphatic heterocycles. The molecule has 144 valence electrons. The van der Waals surface area contributed by atoms with Crippen molar-refractivity contribution in [1.29, 1.82) is 10.5 Å². The van der Waals surface area contributed by atoms with Gasteiger partial charge in [0.05, 0.1) is 7.11 Å². The molecule has 0 atom stereocenters. The SMILES string of the molecule is COc1ccc(-c2c(C#N)c(N)[nH]c(=O)c2C#N)cc1OCc1ccc(F)cc1. The number of H-pyrrole nitrogens is 1.